The minimum Gasteiger partial charge on any atom is -0.379 e. The Morgan fingerprint density at radius 2 is 2.09 bits per heavy atom. The first-order valence-corrected chi connectivity index (χ1v) is 7.35. The van der Waals surface area contributed by atoms with E-state index in [1.807, 2.05) is 19.9 Å². The summed E-state index contributed by atoms with van der Waals surface area (Å²) in [5, 5.41) is 21.4. The molecule has 2 atom stereocenters. The van der Waals surface area contributed by atoms with Crippen molar-refractivity contribution in [3.8, 4) is 0 Å². The molecule has 0 spiro atoms. The third-order valence-corrected chi connectivity index (χ3v) is 4.01. The zero-order valence-electron chi connectivity index (χ0n) is 12.7. The summed E-state index contributed by atoms with van der Waals surface area (Å²) in [6, 6.07) is 5.14. The van der Waals surface area contributed by atoms with E-state index < -0.39 is 0 Å². The number of aryl methyl sites for hydroxylation is 1. The summed E-state index contributed by atoms with van der Waals surface area (Å²) in [7, 11) is 0. The van der Waals surface area contributed by atoms with E-state index in [0.717, 1.165) is 18.7 Å². The summed E-state index contributed by atoms with van der Waals surface area (Å²) in [4.78, 5) is 13.2. The Morgan fingerprint density at radius 3 is 2.77 bits per heavy atom. The first-order valence-electron chi connectivity index (χ1n) is 7.35. The van der Waals surface area contributed by atoms with E-state index >= 15 is 0 Å². The SMILES string of the molecule is Cc1ccc(N2N=NC(C)C2N2CCOCC2)c([N+](=O)[O-])c1. The number of nitro benzene ring substituents is 1. The molecule has 0 saturated carbocycles. The van der Waals surface area contributed by atoms with Crippen LogP contribution in [-0.4, -0.2) is 48.3 Å². The Hall–Kier alpha value is -2.06. The lowest BCUT2D eigenvalue weighted by Crippen LogP contribution is -2.53. The largest absolute Gasteiger partial charge is 0.379 e. The smallest absolute Gasteiger partial charge is 0.294 e. The Morgan fingerprint density at radius 1 is 1.36 bits per heavy atom. The molecule has 2 aliphatic heterocycles. The molecule has 8 heteroatoms. The quantitative estimate of drug-likeness (QED) is 0.631. The molecular weight excluding hydrogens is 286 g/mol. The van der Waals surface area contributed by atoms with Crippen LogP contribution in [0.2, 0.25) is 0 Å². The summed E-state index contributed by atoms with van der Waals surface area (Å²) in [6.45, 7) is 6.68. The molecule has 2 aliphatic rings. The van der Waals surface area contributed by atoms with E-state index in [-0.39, 0.29) is 22.8 Å². The van der Waals surface area contributed by atoms with Crippen LogP contribution in [0.4, 0.5) is 11.4 Å². The van der Waals surface area contributed by atoms with Gasteiger partial charge in [-0.15, -0.1) is 0 Å². The van der Waals surface area contributed by atoms with Crippen molar-refractivity contribution in [2.24, 2.45) is 10.3 Å². The molecule has 1 fully saturated rings. The van der Waals surface area contributed by atoms with Crippen molar-refractivity contribution in [2.45, 2.75) is 26.1 Å². The molecule has 1 aromatic carbocycles. The Labute approximate surface area is 128 Å². The Balaban J connectivity index is 1.95. The molecule has 22 heavy (non-hydrogen) atoms. The third-order valence-electron chi connectivity index (χ3n) is 4.01. The van der Waals surface area contributed by atoms with Crippen LogP contribution in [0.25, 0.3) is 0 Å². The number of rotatable bonds is 3. The predicted molar refractivity (Wildman–Crippen MR) is 80.8 cm³/mol. The number of nitrogens with zero attached hydrogens (tertiary/aromatic N) is 5. The maximum Gasteiger partial charge on any atom is 0.294 e. The molecule has 2 heterocycles. The van der Waals surface area contributed by atoms with Gasteiger partial charge in [-0.2, -0.15) is 5.11 Å². The van der Waals surface area contributed by atoms with Gasteiger partial charge in [-0.05, 0) is 25.5 Å². The Bertz CT molecular complexity index is 600. The van der Waals surface area contributed by atoms with Crippen molar-refractivity contribution in [3.05, 3.63) is 33.9 Å². The van der Waals surface area contributed by atoms with Gasteiger partial charge >= 0.3 is 0 Å². The average molecular weight is 305 g/mol. The molecule has 118 valence electrons. The monoisotopic (exact) mass is 305 g/mol. The maximum atomic E-state index is 11.4. The zero-order valence-corrected chi connectivity index (χ0v) is 12.7. The molecule has 8 nitrogen and oxygen atoms in total. The lowest BCUT2D eigenvalue weighted by atomic mass is 10.1. The van der Waals surface area contributed by atoms with Crippen LogP contribution < -0.4 is 5.01 Å². The van der Waals surface area contributed by atoms with Gasteiger partial charge in [0.25, 0.3) is 5.69 Å². The number of nitro groups is 1. The second-order valence-electron chi connectivity index (χ2n) is 5.60. The van der Waals surface area contributed by atoms with Crippen molar-refractivity contribution >= 4 is 11.4 Å². The molecule has 3 rings (SSSR count). The van der Waals surface area contributed by atoms with Crippen LogP contribution in [0, 0.1) is 17.0 Å². The maximum absolute atomic E-state index is 11.4. The number of benzene rings is 1. The van der Waals surface area contributed by atoms with Gasteiger partial charge in [-0.3, -0.25) is 15.0 Å². The van der Waals surface area contributed by atoms with E-state index in [0.29, 0.717) is 18.9 Å². The van der Waals surface area contributed by atoms with E-state index in [1.165, 1.54) is 0 Å². The van der Waals surface area contributed by atoms with Gasteiger partial charge in [-0.25, -0.2) is 5.01 Å². The molecule has 0 N–H and O–H groups in total. The van der Waals surface area contributed by atoms with Gasteiger partial charge in [0.15, 0.2) is 0 Å². The van der Waals surface area contributed by atoms with Crippen LogP contribution in [0.15, 0.2) is 28.5 Å². The molecule has 0 aromatic heterocycles. The second-order valence-corrected chi connectivity index (χ2v) is 5.60. The molecule has 1 aromatic rings. The molecule has 0 aliphatic carbocycles. The number of hydrogen-bond acceptors (Lipinski definition) is 7. The highest BCUT2D eigenvalue weighted by Gasteiger charge is 2.38. The molecule has 0 amide bonds. The van der Waals surface area contributed by atoms with Gasteiger partial charge < -0.3 is 4.74 Å². The molecule has 0 bridgehead atoms. The van der Waals surface area contributed by atoms with Gasteiger partial charge in [0.2, 0.25) is 0 Å². The van der Waals surface area contributed by atoms with Crippen LogP contribution in [0.1, 0.15) is 12.5 Å². The van der Waals surface area contributed by atoms with Gasteiger partial charge in [0, 0.05) is 19.2 Å². The van der Waals surface area contributed by atoms with E-state index in [9.17, 15) is 10.1 Å². The molecule has 1 saturated heterocycles. The number of morpholine rings is 1. The first-order chi connectivity index (χ1) is 10.6. The summed E-state index contributed by atoms with van der Waals surface area (Å²) in [5.74, 6) is 0. The highest BCUT2D eigenvalue weighted by Crippen LogP contribution is 2.35. The van der Waals surface area contributed by atoms with Crippen molar-refractivity contribution in [1.29, 1.82) is 0 Å². The summed E-state index contributed by atoms with van der Waals surface area (Å²) in [5.41, 5.74) is 1.40. The molecule has 2 unspecified atom stereocenters. The van der Waals surface area contributed by atoms with Gasteiger partial charge in [0.05, 0.1) is 18.1 Å². The summed E-state index contributed by atoms with van der Waals surface area (Å²) >= 11 is 0. The average Bonchev–Trinajstić information content (AvgIpc) is 2.89. The predicted octanol–water partition coefficient (Wildman–Crippen LogP) is 2.14. The van der Waals surface area contributed by atoms with Gasteiger partial charge in [-0.1, -0.05) is 11.3 Å². The summed E-state index contributed by atoms with van der Waals surface area (Å²) < 4.78 is 5.38. The fraction of sp³-hybridized carbons (Fsp3) is 0.571. The highest BCUT2D eigenvalue weighted by atomic mass is 16.6. The Kier molecular flexibility index (Phi) is 4.04. The number of anilines is 1. The normalized spacial score (nSPS) is 25.6. The standard InChI is InChI=1S/C14H19N5O3/c1-10-3-4-12(13(9-10)19(20)21)18-14(11(2)15-16-18)17-5-7-22-8-6-17/h3-4,9,11,14H,5-8H2,1-2H3. The number of hydrogen-bond donors (Lipinski definition) is 0. The van der Waals surface area contributed by atoms with Crippen LogP contribution >= 0.6 is 0 Å². The van der Waals surface area contributed by atoms with Crippen molar-refractivity contribution in [3.63, 3.8) is 0 Å². The first kappa shape index (κ1) is 14.9. The fourth-order valence-corrected chi connectivity index (χ4v) is 2.92. The van der Waals surface area contributed by atoms with Gasteiger partial charge in [0.1, 0.15) is 17.9 Å². The van der Waals surface area contributed by atoms with E-state index in [2.05, 4.69) is 15.2 Å². The third kappa shape index (κ3) is 2.67. The van der Waals surface area contributed by atoms with Crippen molar-refractivity contribution in [2.75, 3.05) is 31.3 Å². The van der Waals surface area contributed by atoms with Crippen molar-refractivity contribution < 1.29 is 9.66 Å². The minimum absolute atomic E-state index is 0.0426. The minimum atomic E-state index is -0.364. The highest BCUT2D eigenvalue weighted by molar-refractivity contribution is 5.64. The molecular formula is C14H19N5O3. The lowest BCUT2D eigenvalue weighted by molar-refractivity contribution is -0.384. The second kappa shape index (κ2) is 5.98. The molecule has 0 radical (unpaired) electrons. The van der Waals surface area contributed by atoms with Crippen LogP contribution in [0.3, 0.4) is 0 Å². The summed E-state index contributed by atoms with van der Waals surface area (Å²) in [6.07, 6.45) is -0.106. The van der Waals surface area contributed by atoms with Crippen LogP contribution in [0.5, 0.6) is 0 Å². The van der Waals surface area contributed by atoms with Crippen molar-refractivity contribution in [1.82, 2.24) is 4.90 Å². The topological polar surface area (TPSA) is 83.6 Å². The number of ether oxygens (including phenoxy) is 1. The fourth-order valence-electron chi connectivity index (χ4n) is 2.92. The van der Waals surface area contributed by atoms with E-state index in [1.54, 1.807) is 17.1 Å². The van der Waals surface area contributed by atoms with E-state index in [4.69, 9.17) is 4.74 Å². The zero-order chi connectivity index (χ0) is 15.7. The van der Waals surface area contributed by atoms with Crippen LogP contribution in [-0.2, 0) is 4.74 Å². The lowest BCUT2D eigenvalue weighted by Gasteiger charge is -2.37.